The van der Waals surface area contributed by atoms with Crippen molar-refractivity contribution in [2.24, 2.45) is 11.8 Å². The molecule has 0 heterocycles. The molecule has 1 N–H and O–H groups in total. The van der Waals surface area contributed by atoms with Crippen molar-refractivity contribution in [3.63, 3.8) is 0 Å². The summed E-state index contributed by atoms with van der Waals surface area (Å²) >= 11 is 0. The monoisotopic (exact) mass is 290 g/mol. The summed E-state index contributed by atoms with van der Waals surface area (Å²) in [5.41, 5.74) is 1.48. The van der Waals surface area contributed by atoms with E-state index in [0.717, 1.165) is 18.4 Å². The number of aliphatic hydroxyl groups is 1. The highest BCUT2D eigenvalue weighted by molar-refractivity contribution is 5.41. The largest absolute Gasteiger partial charge is 0.384 e. The van der Waals surface area contributed by atoms with Crippen LogP contribution in [0.2, 0.25) is 0 Å². The lowest BCUT2D eigenvalue weighted by Crippen LogP contribution is -2.26. The first-order chi connectivity index (χ1) is 10.1. The van der Waals surface area contributed by atoms with Crippen LogP contribution < -0.4 is 0 Å². The molecule has 0 aliphatic heterocycles. The number of hydrogen-bond donors (Lipinski definition) is 1. The van der Waals surface area contributed by atoms with Crippen LogP contribution >= 0.6 is 0 Å². The molecule has 1 saturated carbocycles. The molecule has 0 spiro atoms. The van der Waals surface area contributed by atoms with Crippen molar-refractivity contribution in [1.29, 1.82) is 0 Å². The average molecular weight is 290 g/mol. The van der Waals surface area contributed by atoms with Gasteiger partial charge in [0.25, 0.3) is 0 Å². The Kier molecular flexibility index (Phi) is 5.78. The summed E-state index contributed by atoms with van der Waals surface area (Å²) in [6, 6.07) is 4.54. The lowest BCUT2D eigenvalue weighted by Gasteiger charge is -2.31. The molecule has 1 fully saturated rings. The smallest absolute Gasteiger partial charge is 0.124 e. The first-order valence-electron chi connectivity index (χ1n) is 7.58. The van der Waals surface area contributed by atoms with Gasteiger partial charge in [-0.15, -0.1) is 0 Å². The van der Waals surface area contributed by atoms with Gasteiger partial charge >= 0.3 is 0 Å². The molecule has 1 aliphatic carbocycles. The fraction of sp³-hybridized carbons (Fsp3) is 0.556. The normalized spacial score (nSPS) is 25.2. The topological polar surface area (TPSA) is 29.5 Å². The van der Waals surface area contributed by atoms with E-state index < -0.39 is 0 Å². The Morgan fingerprint density at radius 3 is 2.62 bits per heavy atom. The molecule has 0 bridgehead atoms. The molecule has 2 atom stereocenters. The van der Waals surface area contributed by atoms with Crippen molar-refractivity contribution in [2.75, 3.05) is 6.61 Å². The molecule has 2 unspecified atom stereocenters. The molecule has 1 aromatic carbocycles. The highest BCUT2D eigenvalue weighted by Crippen LogP contribution is 2.31. The van der Waals surface area contributed by atoms with Crippen LogP contribution in [0, 0.1) is 29.5 Å². The van der Waals surface area contributed by atoms with Gasteiger partial charge in [-0.2, -0.15) is 0 Å². The number of halogens is 1. The molecule has 0 amide bonds. The first kappa shape index (κ1) is 16.0. The maximum Gasteiger partial charge on any atom is 0.124 e. The minimum absolute atomic E-state index is 0.228. The SMILES string of the molecule is CC1CC(C)CC(OCc2ccc(F)cc2C#CCO)C1. The van der Waals surface area contributed by atoms with Gasteiger partial charge in [0.05, 0.1) is 12.7 Å². The van der Waals surface area contributed by atoms with Gasteiger partial charge in [-0.3, -0.25) is 0 Å². The zero-order valence-electron chi connectivity index (χ0n) is 12.7. The van der Waals surface area contributed by atoms with Gasteiger partial charge in [-0.25, -0.2) is 4.39 Å². The second kappa shape index (κ2) is 7.59. The fourth-order valence-corrected chi connectivity index (χ4v) is 3.14. The molecule has 0 aromatic heterocycles. The molecule has 1 aliphatic rings. The predicted octanol–water partition coefficient (Wildman–Crippen LogP) is 3.51. The van der Waals surface area contributed by atoms with E-state index in [1.807, 2.05) is 0 Å². The molecule has 0 saturated heterocycles. The maximum absolute atomic E-state index is 13.3. The Morgan fingerprint density at radius 1 is 1.24 bits per heavy atom. The zero-order chi connectivity index (χ0) is 15.2. The van der Waals surface area contributed by atoms with Crippen molar-refractivity contribution in [1.82, 2.24) is 0 Å². The third-order valence-corrected chi connectivity index (χ3v) is 3.98. The van der Waals surface area contributed by atoms with E-state index in [2.05, 4.69) is 25.7 Å². The van der Waals surface area contributed by atoms with E-state index in [1.165, 1.54) is 18.6 Å². The van der Waals surface area contributed by atoms with Gasteiger partial charge in [-0.05, 0) is 48.8 Å². The minimum atomic E-state index is -0.319. The number of benzene rings is 1. The molecule has 3 heteroatoms. The standard InChI is InChI=1S/C18H23FO2/c1-13-8-14(2)10-18(9-13)21-12-16-5-6-17(19)11-15(16)4-3-7-20/h5-6,11,13-14,18,20H,7-10,12H2,1-2H3. The van der Waals surface area contributed by atoms with Crippen LogP contribution in [0.3, 0.4) is 0 Å². The Labute approximate surface area is 126 Å². The second-order valence-corrected chi connectivity index (χ2v) is 6.11. The number of hydrogen-bond acceptors (Lipinski definition) is 2. The third-order valence-electron chi connectivity index (χ3n) is 3.98. The lowest BCUT2D eigenvalue weighted by molar-refractivity contribution is -0.00924. The first-order valence-corrected chi connectivity index (χ1v) is 7.58. The van der Waals surface area contributed by atoms with E-state index in [-0.39, 0.29) is 18.5 Å². The zero-order valence-corrected chi connectivity index (χ0v) is 12.7. The summed E-state index contributed by atoms with van der Waals surface area (Å²) < 4.78 is 19.3. The van der Waals surface area contributed by atoms with Crippen LogP contribution in [0.15, 0.2) is 18.2 Å². The summed E-state index contributed by atoms with van der Waals surface area (Å²) in [6.07, 6.45) is 3.71. The van der Waals surface area contributed by atoms with Crippen LogP contribution in [-0.4, -0.2) is 17.8 Å². The predicted molar refractivity (Wildman–Crippen MR) is 81.1 cm³/mol. The Balaban J connectivity index is 2.02. The second-order valence-electron chi connectivity index (χ2n) is 6.11. The van der Waals surface area contributed by atoms with Gasteiger partial charge in [0.1, 0.15) is 12.4 Å². The van der Waals surface area contributed by atoms with Crippen molar-refractivity contribution in [3.05, 3.63) is 35.1 Å². The quantitative estimate of drug-likeness (QED) is 0.863. The Bertz CT molecular complexity index is 520. The van der Waals surface area contributed by atoms with Gasteiger partial charge in [0.15, 0.2) is 0 Å². The van der Waals surface area contributed by atoms with E-state index >= 15 is 0 Å². The average Bonchev–Trinajstić information content (AvgIpc) is 2.43. The van der Waals surface area contributed by atoms with E-state index in [9.17, 15) is 4.39 Å². The molecule has 2 rings (SSSR count). The fourth-order valence-electron chi connectivity index (χ4n) is 3.14. The summed E-state index contributed by atoms with van der Waals surface area (Å²) in [6.45, 7) is 4.75. The summed E-state index contributed by atoms with van der Waals surface area (Å²) in [5.74, 6) is 6.43. The van der Waals surface area contributed by atoms with E-state index in [0.29, 0.717) is 24.0 Å². The van der Waals surface area contributed by atoms with Crippen molar-refractivity contribution in [2.45, 2.75) is 45.8 Å². The number of ether oxygens (including phenoxy) is 1. The van der Waals surface area contributed by atoms with Crippen LogP contribution in [-0.2, 0) is 11.3 Å². The molecule has 0 radical (unpaired) electrons. The van der Waals surface area contributed by atoms with Gasteiger partial charge < -0.3 is 9.84 Å². The van der Waals surface area contributed by atoms with Gasteiger partial charge in [-0.1, -0.05) is 31.8 Å². The Morgan fingerprint density at radius 2 is 1.95 bits per heavy atom. The third kappa shape index (κ3) is 4.84. The molecular formula is C18H23FO2. The molecule has 2 nitrogen and oxygen atoms in total. The lowest BCUT2D eigenvalue weighted by atomic mass is 9.82. The van der Waals surface area contributed by atoms with Gasteiger partial charge in [0, 0.05) is 5.56 Å². The van der Waals surface area contributed by atoms with Crippen LogP contribution in [0.1, 0.15) is 44.2 Å². The van der Waals surface area contributed by atoms with Gasteiger partial charge in [0.2, 0.25) is 0 Å². The van der Waals surface area contributed by atoms with E-state index in [4.69, 9.17) is 9.84 Å². The van der Waals surface area contributed by atoms with Crippen molar-refractivity contribution in [3.8, 4) is 11.8 Å². The highest BCUT2D eigenvalue weighted by atomic mass is 19.1. The van der Waals surface area contributed by atoms with Crippen LogP contribution in [0.5, 0.6) is 0 Å². The number of rotatable bonds is 3. The van der Waals surface area contributed by atoms with Crippen molar-refractivity contribution < 1.29 is 14.2 Å². The molecule has 1 aromatic rings. The molecular weight excluding hydrogens is 267 g/mol. The summed E-state index contributed by atoms with van der Waals surface area (Å²) in [5, 5.41) is 8.78. The highest BCUT2D eigenvalue weighted by Gasteiger charge is 2.24. The summed E-state index contributed by atoms with van der Waals surface area (Å²) in [7, 11) is 0. The molecule has 114 valence electrons. The maximum atomic E-state index is 13.3. The number of aliphatic hydroxyl groups excluding tert-OH is 1. The van der Waals surface area contributed by atoms with Crippen LogP contribution in [0.4, 0.5) is 4.39 Å². The van der Waals surface area contributed by atoms with E-state index in [1.54, 1.807) is 6.07 Å². The minimum Gasteiger partial charge on any atom is -0.384 e. The van der Waals surface area contributed by atoms with Crippen molar-refractivity contribution >= 4 is 0 Å². The Hall–Kier alpha value is -1.37. The van der Waals surface area contributed by atoms with Crippen LogP contribution in [0.25, 0.3) is 0 Å². The summed E-state index contributed by atoms with van der Waals surface area (Å²) in [4.78, 5) is 0. The molecule has 21 heavy (non-hydrogen) atoms.